The Hall–Kier alpha value is -2.84. The standard InChI is InChI=1S/C27H36O12/c1-34-17-9-14(10-18(35-2)21(17)30)25-16(12-37-27-24(33)23(32)22(31)20(11-29)38-27)15-7-13(5-4-6-28)8-19(36-3)26(15)39-25/h7-10,16,20,22-25,27-33H,4-6,11-12H2,1-3H3. The summed E-state index contributed by atoms with van der Waals surface area (Å²) in [7, 11) is 4.35. The second-order valence-electron chi connectivity index (χ2n) is 9.49. The molecule has 2 aliphatic rings. The molecule has 0 aromatic heterocycles. The zero-order valence-electron chi connectivity index (χ0n) is 22.0. The van der Waals surface area contributed by atoms with Crippen molar-refractivity contribution >= 4 is 0 Å². The number of aryl methyl sites for hydroxylation is 1. The van der Waals surface area contributed by atoms with Crippen molar-refractivity contribution in [3.05, 3.63) is 41.0 Å². The van der Waals surface area contributed by atoms with E-state index in [1.807, 2.05) is 12.1 Å². The summed E-state index contributed by atoms with van der Waals surface area (Å²) in [5.41, 5.74) is 2.24. The molecule has 6 N–H and O–H groups in total. The fourth-order valence-electron chi connectivity index (χ4n) is 5.00. The Labute approximate surface area is 225 Å². The van der Waals surface area contributed by atoms with Crippen LogP contribution in [0.1, 0.15) is 35.1 Å². The molecule has 7 unspecified atom stereocenters. The van der Waals surface area contributed by atoms with Crippen LogP contribution in [0.4, 0.5) is 0 Å². The van der Waals surface area contributed by atoms with E-state index in [1.165, 1.54) is 21.3 Å². The first-order valence-electron chi connectivity index (χ1n) is 12.6. The maximum absolute atomic E-state index is 10.5. The van der Waals surface area contributed by atoms with Crippen molar-refractivity contribution < 1.29 is 59.1 Å². The van der Waals surface area contributed by atoms with Gasteiger partial charge in [-0.15, -0.1) is 0 Å². The Morgan fingerprint density at radius 3 is 2.10 bits per heavy atom. The number of ether oxygens (including phenoxy) is 6. The highest BCUT2D eigenvalue weighted by atomic mass is 16.7. The highest BCUT2D eigenvalue weighted by Crippen LogP contribution is 2.53. The predicted molar refractivity (Wildman–Crippen MR) is 135 cm³/mol. The molecule has 2 aliphatic heterocycles. The molecule has 12 heteroatoms. The summed E-state index contributed by atoms with van der Waals surface area (Å²) in [4.78, 5) is 0. The maximum atomic E-state index is 10.5. The summed E-state index contributed by atoms with van der Waals surface area (Å²) in [5.74, 6) is 0.634. The van der Waals surface area contributed by atoms with E-state index < -0.39 is 49.3 Å². The minimum Gasteiger partial charge on any atom is -0.502 e. The molecule has 216 valence electrons. The van der Waals surface area contributed by atoms with Crippen LogP contribution in [0.25, 0.3) is 0 Å². The van der Waals surface area contributed by atoms with Crippen LogP contribution in [0.5, 0.6) is 28.7 Å². The molecule has 1 saturated heterocycles. The second kappa shape index (κ2) is 12.6. The molecule has 7 atom stereocenters. The molecule has 0 amide bonds. The number of aliphatic hydroxyl groups is 5. The van der Waals surface area contributed by atoms with Crippen LogP contribution in [-0.2, 0) is 15.9 Å². The van der Waals surface area contributed by atoms with Crippen LogP contribution < -0.4 is 18.9 Å². The number of phenols is 1. The number of hydrogen-bond acceptors (Lipinski definition) is 12. The highest BCUT2D eigenvalue weighted by molar-refractivity contribution is 5.58. The van der Waals surface area contributed by atoms with Gasteiger partial charge in [-0.2, -0.15) is 0 Å². The molecule has 39 heavy (non-hydrogen) atoms. The van der Waals surface area contributed by atoms with Crippen LogP contribution in [-0.4, -0.2) is 102 Å². The van der Waals surface area contributed by atoms with Crippen molar-refractivity contribution in [1.82, 2.24) is 0 Å². The number of phenolic OH excluding ortho intramolecular Hbond substituents is 1. The Morgan fingerprint density at radius 2 is 1.51 bits per heavy atom. The van der Waals surface area contributed by atoms with E-state index in [-0.39, 0.29) is 30.5 Å². The maximum Gasteiger partial charge on any atom is 0.200 e. The van der Waals surface area contributed by atoms with E-state index in [1.54, 1.807) is 12.1 Å². The summed E-state index contributed by atoms with van der Waals surface area (Å²) in [6.45, 7) is -0.630. The van der Waals surface area contributed by atoms with Crippen molar-refractivity contribution in [3.63, 3.8) is 0 Å². The third kappa shape index (κ3) is 5.73. The summed E-state index contributed by atoms with van der Waals surface area (Å²) in [6.07, 6.45) is -6.67. The van der Waals surface area contributed by atoms with Gasteiger partial charge in [-0.1, -0.05) is 6.07 Å². The Bertz CT molecular complexity index is 1100. The number of aliphatic hydroxyl groups excluding tert-OH is 5. The number of methoxy groups -OCH3 is 3. The first-order valence-corrected chi connectivity index (χ1v) is 12.6. The molecule has 0 spiro atoms. The van der Waals surface area contributed by atoms with Gasteiger partial charge in [0.1, 0.15) is 30.5 Å². The first kappa shape index (κ1) is 29.2. The first-order chi connectivity index (χ1) is 18.8. The molecule has 0 aliphatic carbocycles. The third-order valence-electron chi connectivity index (χ3n) is 7.12. The largest absolute Gasteiger partial charge is 0.502 e. The molecule has 0 saturated carbocycles. The quantitative estimate of drug-likeness (QED) is 0.226. The zero-order chi connectivity index (χ0) is 28.3. The van der Waals surface area contributed by atoms with Gasteiger partial charge >= 0.3 is 0 Å². The fraction of sp³-hybridized carbons (Fsp3) is 0.556. The average molecular weight is 553 g/mol. The second-order valence-corrected chi connectivity index (χ2v) is 9.49. The van der Waals surface area contributed by atoms with Crippen molar-refractivity contribution in [1.29, 1.82) is 0 Å². The van der Waals surface area contributed by atoms with Crippen LogP contribution in [0.2, 0.25) is 0 Å². The minimum absolute atomic E-state index is 0.0231. The monoisotopic (exact) mass is 552 g/mol. The molecule has 2 aromatic carbocycles. The van der Waals surface area contributed by atoms with E-state index in [9.17, 15) is 30.6 Å². The van der Waals surface area contributed by atoms with E-state index in [2.05, 4.69) is 0 Å². The lowest BCUT2D eigenvalue weighted by atomic mass is 9.89. The topological polar surface area (TPSA) is 177 Å². The normalized spacial score (nSPS) is 28.1. The van der Waals surface area contributed by atoms with Gasteiger partial charge in [0, 0.05) is 17.7 Å². The van der Waals surface area contributed by atoms with Crippen LogP contribution in [0.15, 0.2) is 24.3 Å². The third-order valence-corrected chi connectivity index (χ3v) is 7.12. The molecular weight excluding hydrogens is 516 g/mol. The number of benzene rings is 2. The molecular formula is C27H36O12. The Morgan fingerprint density at radius 1 is 0.846 bits per heavy atom. The lowest BCUT2D eigenvalue weighted by Gasteiger charge is -2.40. The van der Waals surface area contributed by atoms with Gasteiger partial charge in [-0.3, -0.25) is 0 Å². The van der Waals surface area contributed by atoms with E-state index in [0.29, 0.717) is 29.9 Å². The molecule has 12 nitrogen and oxygen atoms in total. The van der Waals surface area contributed by atoms with Gasteiger partial charge in [0.15, 0.2) is 29.3 Å². The van der Waals surface area contributed by atoms with E-state index in [0.717, 1.165) is 11.1 Å². The highest BCUT2D eigenvalue weighted by Gasteiger charge is 2.46. The van der Waals surface area contributed by atoms with Crippen molar-refractivity contribution in [2.75, 3.05) is 41.2 Å². The van der Waals surface area contributed by atoms with Crippen molar-refractivity contribution in [3.8, 4) is 28.7 Å². The van der Waals surface area contributed by atoms with Gasteiger partial charge in [0.25, 0.3) is 0 Å². The van der Waals surface area contributed by atoms with Crippen LogP contribution >= 0.6 is 0 Å². The van der Waals surface area contributed by atoms with Gasteiger partial charge in [-0.25, -0.2) is 0 Å². The number of aromatic hydroxyl groups is 1. The summed E-state index contributed by atoms with van der Waals surface area (Å²) in [5, 5.41) is 60.1. The van der Waals surface area contributed by atoms with Gasteiger partial charge in [0.2, 0.25) is 5.75 Å². The molecule has 0 bridgehead atoms. The summed E-state index contributed by atoms with van der Waals surface area (Å²) < 4.78 is 34.1. The average Bonchev–Trinajstić information content (AvgIpc) is 3.32. The van der Waals surface area contributed by atoms with Crippen LogP contribution in [0.3, 0.4) is 0 Å². The van der Waals surface area contributed by atoms with E-state index in [4.69, 9.17) is 28.4 Å². The summed E-state index contributed by atoms with van der Waals surface area (Å²) >= 11 is 0. The van der Waals surface area contributed by atoms with Crippen LogP contribution in [0, 0.1) is 0 Å². The molecule has 4 rings (SSSR count). The number of fused-ring (bicyclic) bond motifs is 1. The van der Waals surface area contributed by atoms with Gasteiger partial charge < -0.3 is 59.1 Å². The SMILES string of the molecule is COc1cc(C2Oc3c(OC)cc(CCCO)cc3C2COC2OC(CO)C(O)C(O)C2O)cc(OC)c1O. The minimum atomic E-state index is -1.58. The molecule has 2 aromatic rings. The van der Waals surface area contributed by atoms with Crippen molar-refractivity contribution in [2.24, 2.45) is 0 Å². The smallest absolute Gasteiger partial charge is 0.200 e. The lowest BCUT2D eigenvalue weighted by molar-refractivity contribution is -0.302. The molecule has 2 heterocycles. The van der Waals surface area contributed by atoms with E-state index >= 15 is 0 Å². The van der Waals surface area contributed by atoms with Gasteiger partial charge in [-0.05, 0) is 36.6 Å². The summed E-state index contributed by atoms with van der Waals surface area (Å²) in [6, 6.07) is 7.01. The Balaban J connectivity index is 1.72. The predicted octanol–water partition coefficient (Wildman–Crippen LogP) is 0.377. The fourth-order valence-corrected chi connectivity index (χ4v) is 5.00. The zero-order valence-corrected chi connectivity index (χ0v) is 22.0. The van der Waals surface area contributed by atoms with Gasteiger partial charge in [0.05, 0.1) is 40.5 Å². The lowest BCUT2D eigenvalue weighted by Crippen LogP contribution is -2.59. The van der Waals surface area contributed by atoms with Crippen molar-refractivity contribution in [2.45, 2.75) is 55.6 Å². The molecule has 0 radical (unpaired) electrons. The number of hydrogen-bond donors (Lipinski definition) is 6. The molecule has 1 fully saturated rings. The Kier molecular flexibility index (Phi) is 9.39. The number of rotatable bonds is 11.